The first-order chi connectivity index (χ1) is 14.2. The van der Waals surface area contributed by atoms with Gasteiger partial charge in [-0.15, -0.1) is 11.3 Å². The maximum atomic E-state index is 12.4. The number of ether oxygens (including phenoxy) is 1. The number of alkyl halides is 3. The molecule has 3 aromatic rings. The van der Waals surface area contributed by atoms with E-state index in [9.17, 15) is 22.8 Å². The highest BCUT2D eigenvalue weighted by atomic mass is 32.2. The first kappa shape index (κ1) is 22.0. The summed E-state index contributed by atoms with van der Waals surface area (Å²) in [6, 6.07) is 6.58. The molecule has 3 rings (SSSR count). The number of rotatable bonds is 6. The second kappa shape index (κ2) is 9.00. The lowest BCUT2D eigenvalue weighted by molar-refractivity contribution is -0.140. The molecule has 2 heterocycles. The Balaban J connectivity index is 1.75. The fourth-order valence-corrected chi connectivity index (χ4v) is 4.64. The highest BCUT2D eigenvalue weighted by molar-refractivity contribution is 7.99. The summed E-state index contributed by atoms with van der Waals surface area (Å²) in [6.07, 6.45) is -3.09. The minimum Gasteiger partial charge on any atom is -0.452 e. The maximum Gasteiger partial charge on any atom is 0.405 e. The number of aryl methyl sites for hydroxylation is 2. The van der Waals surface area contributed by atoms with Crippen LogP contribution in [0.2, 0.25) is 0 Å². The summed E-state index contributed by atoms with van der Waals surface area (Å²) in [4.78, 5) is 35.0. The van der Waals surface area contributed by atoms with Crippen LogP contribution in [0.5, 0.6) is 0 Å². The van der Waals surface area contributed by atoms with Crippen molar-refractivity contribution >= 4 is 45.2 Å². The first-order valence-electron chi connectivity index (χ1n) is 8.64. The van der Waals surface area contributed by atoms with Crippen LogP contribution < -0.4 is 5.32 Å². The number of carbonyl (C=O) groups excluding carboxylic acids is 2. The molecule has 0 saturated heterocycles. The summed E-state index contributed by atoms with van der Waals surface area (Å²) in [5.41, 5.74) is 1.24. The van der Waals surface area contributed by atoms with E-state index in [-0.39, 0.29) is 5.56 Å². The molecule has 0 bridgehead atoms. The summed E-state index contributed by atoms with van der Waals surface area (Å²) in [5, 5.41) is 3.22. The summed E-state index contributed by atoms with van der Waals surface area (Å²) < 4.78 is 41.3. The van der Waals surface area contributed by atoms with Gasteiger partial charge in [-0.1, -0.05) is 23.9 Å². The lowest BCUT2D eigenvalue weighted by atomic mass is 10.2. The zero-order chi connectivity index (χ0) is 21.9. The molecule has 158 valence electrons. The molecule has 2 aromatic heterocycles. The number of nitrogens with zero attached hydrogens (tertiary/aromatic N) is 2. The van der Waals surface area contributed by atoms with E-state index >= 15 is 0 Å². The van der Waals surface area contributed by atoms with Gasteiger partial charge in [0.2, 0.25) is 0 Å². The minimum atomic E-state index is -4.54. The molecular formula is C19H16F3N3O3S2. The summed E-state index contributed by atoms with van der Waals surface area (Å²) >= 11 is 2.80. The number of carbonyl (C=O) groups is 2. The van der Waals surface area contributed by atoms with E-state index in [1.54, 1.807) is 34.9 Å². The highest BCUT2D eigenvalue weighted by Crippen LogP contribution is 2.38. The fraction of sp³-hybridized carbons (Fsp3) is 0.263. The number of fused-ring (bicyclic) bond motifs is 1. The molecule has 0 radical (unpaired) electrons. The third-order valence-corrected chi connectivity index (χ3v) is 6.26. The molecule has 0 fully saturated rings. The molecule has 1 N–H and O–H groups in total. The van der Waals surface area contributed by atoms with Crippen LogP contribution in [-0.4, -0.2) is 41.2 Å². The normalized spacial score (nSPS) is 11.5. The Morgan fingerprint density at radius 2 is 1.93 bits per heavy atom. The second-order valence-corrected chi connectivity index (χ2v) is 8.44. The Morgan fingerprint density at radius 3 is 2.67 bits per heavy atom. The van der Waals surface area contributed by atoms with Crippen molar-refractivity contribution in [3.8, 4) is 0 Å². The molecule has 1 amide bonds. The lowest BCUT2D eigenvalue weighted by Gasteiger charge is -2.11. The van der Waals surface area contributed by atoms with Crippen LogP contribution in [0.15, 0.2) is 40.5 Å². The number of hydrogen-bond donors (Lipinski definition) is 1. The van der Waals surface area contributed by atoms with Crippen molar-refractivity contribution in [1.29, 1.82) is 0 Å². The van der Waals surface area contributed by atoms with Gasteiger partial charge in [-0.25, -0.2) is 14.8 Å². The first-order valence-corrected chi connectivity index (χ1v) is 10.3. The monoisotopic (exact) mass is 455 g/mol. The maximum absolute atomic E-state index is 12.4. The number of esters is 1. The van der Waals surface area contributed by atoms with Crippen molar-refractivity contribution in [3.05, 3.63) is 46.6 Å². The van der Waals surface area contributed by atoms with Crippen LogP contribution >= 0.6 is 23.1 Å². The number of aromatic nitrogens is 2. The molecule has 0 saturated carbocycles. The third-order valence-electron chi connectivity index (χ3n) is 4.06. The number of amides is 1. The predicted octanol–water partition coefficient (Wildman–Crippen LogP) is 4.29. The summed E-state index contributed by atoms with van der Waals surface area (Å²) in [6.45, 7) is 1.67. The van der Waals surface area contributed by atoms with Crippen molar-refractivity contribution in [3.63, 3.8) is 0 Å². The van der Waals surface area contributed by atoms with Crippen LogP contribution in [0.1, 0.15) is 20.8 Å². The van der Waals surface area contributed by atoms with Gasteiger partial charge in [-0.05, 0) is 31.5 Å². The van der Waals surface area contributed by atoms with Gasteiger partial charge in [-0.2, -0.15) is 13.2 Å². The molecule has 0 unspecified atom stereocenters. The third kappa shape index (κ3) is 5.28. The predicted molar refractivity (Wildman–Crippen MR) is 107 cm³/mol. The standard InChI is InChI=1S/C19H16F3N3O3S2/c1-10-11(2)29-16-15(10)17(25-9-24-16)30-13-6-4-3-5-12(13)18(27)28-7-14(26)23-8-19(20,21)22/h3-6,9H,7-8H2,1-2H3,(H,23,26). The Labute approximate surface area is 177 Å². The zero-order valence-electron chi connectivity index (χ0n) is 15.9. The van der Waals surface area contributed by atoms with Crippen molar-refractivity contribution < 1.29 is 27.5 Å². The van der Waals surface area contributed by atoms with Crippen molar-refractivity contribution in [1.82, 2.24) is 15.3 Å². The Kier molecular flexibility index (Phi) is 6.61. The van der Waals surface area contributed by atoms with Crippen molar-refractivity contribution in [2.45, 2.75) is 29.9 Å². The second-order valence-electron chi connectivity index (χ2n) is 6.21. The Morgan fingerprint density at radius 1 is 1.20 bits per heavy atom. The van der Waals surface area contributed by atoms with E-state index in [2.05, 4.69) is 9.97 Å². The quantitative estimate of drug-likeness (QED) is 0.441. The Bertz CT molecular complexity index is 1100. The number of nitrogens with one attached hydrogen (secondary N) is 1. The fourth-order valence-electron chi connectivity index (χ4n) is 2.51. The zero-order valence-corrected chi connectivity index (χ0v) is 17.5. The van der Waals surface area contributed by atoms with Crippen LogP contribution in [0.25, 0.3) is 10.2 Å². The largest absolute Gasteiger partial charge is 0.452 e. The van der Waals surface area contributed by atoms with Gasteiger partial charge < -0.3 is 10.1 Å². The average molecular weight is 455 g/mol. The van der Waals surface area contributed by atoms with E-state index < -0.39 is 31.2 Å². The number of hydrogen-bond acceptors (Lipinski definition) is 7. The van der Waals surface area contributed by atoms with Crippen molar-refractivity contribution in [2.75, 3.05) is 13.2 Å². The summed E-state index contributed by atoms with van der Waals surface area (Å²) in [5.74, 6) is -1.85. The van der Waals surface area contributed by atoms with Gasteiger partial charge in [-0.3, -0.25) is 4.79 Å². The van der Waals surface area contributed by atoms with Crippen LogP contribution in [0, 0.1) is 13.8 Å². The summed E-state index contributed by atoms with van der Waals surface area (Å²) in [7, 11) is 0. The molecule has 0 atom stereocenters. The highest BCUT2D eigenvalue weighted by Gasteiger charge is 2.28. The van der Waals surface area contributed by atoms with Gasteiger partial charge in [0.25, 0.3) is 5.91 Å². The van der Waals surface area contributed by atoms with E-state index in [1.807, 2.05) is 13.8 Å². The molecule has 1 aromatic carbocycles. The minimum absolute atomic E-state index is 0.183. The molecule has 0 aliphatic rings. The van der Waals surface area contributed by atoms with Crippen LogP contribution in [-0.2, 0) is 9.53 Å². The van der Waals surface area contributed by atoms with E-state index in [4.69, 9.17) is 4.74 Å². The molecule has 0 aliphatic carbocycles. The number of halogens is 3. The van der Waals surface area contributed by atoms with E-state index in [0.29, 0.717) is 9.92 Å². The van der Waals surface area contributed by atoms with Gasteiger partial charge >= 0.3 is 12.1 Å². The molecule has 0 spiro atoms. The van der Waals surface area contributed by atoms with Gasteiger partial charge in [0, 0.05) is 15.2 Å². The van der Waals surface area contributed by atoms with Gasteiger partial charge in [0.05, 0.1) is 5.56 Å². The molecule has 11 heteroatoms. The topological polar surface area (TPSA) is 81.2 Å². The molecule has 0 aliphatic heterocycles. The lowest BCUT2D eigenvalue weighted by Crippen LogP contribution is -2.36. The Hall–Kier alpha value is -2.66. The average Bonchev–Trinajstić information content (AvgIpc) is 2.99. The molecule has 30 heavy (non-hydrogen) atoms. The van der Waals surface area contributed by atoms with Gasteiger partial charge in [0.15, 0.2) is 6.61 Å². The number of benzene rings is 1. The number of thiophene rings is 1. The van der Waals surface area contributed by atoms with Crippen LogP contribution in [0.4, 0.5) is 13.2 Å². The SMILES string of the molecule is Cc1sc2ncnc(Sc3ccccc3C(=O)OCC(=O)NCC(F)(F)F)c2c1C. The molecule has 6 nitrogen and oxygen atoms in total. The van der Waals surface area contributed by atoms with E-state index in [0.717, 1.165) is 20.7 Å². The van der Waals surface area contributed by atoms with Crippen LogP contribution in [0.3, 0.4) is 0 Å². The smallest absolute Gasteiger partial charge is 0.405 e. The molecular weight excluding hydrogens is 439 g/mol. The van der Waals surface area contributed by atoms with Crippen molar-refractivity contribution in [2.24, 2.45) is 0 Å². The van der Waals surface area contributed by atoms with Gasteiger partial charge in [0.1, 0.15) is 22.7 Å². The van der Waals surface area contributed by atoms with E-state index in [1.165, 1.54) is 24.2 Å².